The second kappa shape index (κ2) is 5.44. The Bertz CT molecular complexity index is 802. The van der Waals surface area contributed by atoms with Crippen molar-refractivity contribution in [2.75, 3.05) is 5.32 Å². The van der Waals surface area contributed by atoms with Gasteiger partial charge in [-0.3, -0.25) is 4.79 Å². The molecule has 0 unspecified atom stereocenters. The van der Waals surface area contributed by atoms with E-state index >= 15 is 0 Å². The van der Waals surface area contributed by atoms with E-state index in [1.807, 2.05) is 56.3 Å². The number of furan rings is 1. The Kier molecular flexibility index (Phi) is 3.48. The van der Waals surface area contributed by atoms with Gasteiger partial charge in [0.1, 0.15) is 5.58 Å². The van der Waals surface area contributed by atoms with Crippen molar-refractivity contribution in [1.82, 2.24) is 0 Å². The predicted molar refractivity (Wildman–Crippen MR) is 84.5 cm³/mol. The first-order valence-electron chi connectivity index (χ1n) is 6.96. The summed E-state index contributed by atoms with van der Waals surface area (Å²) in [5.41, 5.74) is 4.79. The molecular formula is C18H17NO2. The minimum Gasteiger partial charge on any atom is -0.464 e. The third-order valence-electron chi connectivity index (χ3n) is 3.58. The van der Waals surface area contributed by atoms with Crippen LogP contribution in [0, 0.1) is 13.8 Å². The number of hydrogen-bond donors (Lipinski definition) is 1. The standard InChI is InChI=1S/C18H17NO2/c1-12-7-8-15-14(11-21-17(15)9-12)10-18(20)19-16-6-4-3-5-13(16)2/h3-9,11H,10H2,1-2H3,(H,19,20). The molecule has 1 heterocycles. The molecule has 0 aliphatic carbocycles. The largest absolute Gasteiger partial charge is 0.464 e. The molecule has 0 fully saturated rings. The minimum atomic E-state index is -0.0347. The van der Waals surface area contributed by atoms with Crippen LogP contribution in [0.5, 0.6) is 0 Å². The smallest absolute Gasteiger partial charge is 0.228 e. The summed E-state index contributed by atoms with van der Waals surface area (Å²) >= 11 is 0. The summed E-state index contributed by atoms with van der Waals surface area (Å²) in [7, 11) is 0. The Labute approximate surface area is 123 Å². The van der Waals surface area contributed by atoms with Gasteiger partial charge in [0.05, 0.1) is 12.7 Å². The number of anilines is 1. The molecule has 0 spiro atoms. The number of carbonyl (C=O) groups excluding carboxylic acids is 1. The highest BCUT2D eigenvalue weighted by atomic mass is 16.3. The Morgan fingerprint density at radius 2 is 1.95 bits per heavy atom. The molecule has 0 saturated heterocycles. The summed E-state index contributed by atoms with van der Waals surface area (Å²) in [6, 6.07) is 13.8. The van der Waals surface area contributed by atoms with Crippen molar-refractivity contribution >= 4 is 22.6 Å². The van der Waals surface area contributed by atoms with Crippen LogP contribution in [0.4, 0.5) is 5.69 Å². The first-order valence-corrected chi connectivity index (χ1v) is 6.96. The summed E-state index contributed by atoms with van der Waals surface area (Å²) in [4.78, 5) is 12.2. The lowest BCUT2D eigenvalue weighted by molar-refractivity contribution is -0.115. The summed E-state index contributed by atoms with van der Waals surface area (Å²) in [5, 5.41) is 3.94. The second-order valence-electron chi connectivity index (χ2n) is 5.30. The molecule has 106 valence electrons. The van der Waals surface area contributed by atoms with E-state index in [0.29, 0.717) is 6.42 Å². The SMILES string of the molecule is Cc1ccc2c(CC(=O)Nc3ccccc3C)coc2c1. The lowest BCUT2D eigenvalue weighted by Crippen LogP contribution is -2.14. The molecule has 0 aliphatic rings. The fraction of sp³-hybridized carbons (Fsp3) is 0.167. The number of carbonyl (C=O) groups is 1. The van der Waals surface area contributed by atoms with Crippen molar-refractivity contribution in [2.24, 2.45) is 0 Å². The molecule has 3 aromatic rings. The van der Waals surface area contributed by atoms with Gasteiger partial charge in [-0.15, -0.1) is 0 Å². The highest BCUT2D eigenvalue weighted by Gasteiger charge is 2.11. The Balaban J connectivity index is 1.79. The van der Waals surface area contributed by atoms with Gasteiger partial charge in [0.2, 0.25) is 5.91 Å². The molecule has 0 aliphatic heterocycles. The molecule has 0 radical (unpaired) electrons. The molecule has 3 heteroatoms. The van der Waals surface area contributed by atoms with Crippen LogP contribution in [0.1, 0.15) is 16.7 Å². The van der Waals surface area contributed by atoms with Crippen LogP contribution >= 0.6 is 0 Å². The van der Waals surface area contributed by atoms with E-state index < -0.39 is 0 Å². The maximum atomic E-state index is 12.2. The lowest BCUT2D eigenvalue weighted by atomic mass is 10.1. The molecule has 21 heavy (non-hydrogen) atoms. The van der Waals surface area contributed by atoms with E-state index in [1.165, 1.54) is 0 Å². The molecular weight excluding hydrogens is 262 g/mol. The zero-order chi connectivity index (χ0) is 14.8. The number of fused-ring (bicyclic) bond motifs is 1. The maximum absolute atomic E-state index is 12.2. The van der Waals surface area contributed by atoms with Crippen molar-refractivity contribution in [3.05, 3.63) is 65.4 Å². The summed E-state index contributed by atoms with van der Waals surface area (Å²) in [6.07, 6.45) is 1.98. The predicted octanol–water partition coefficient (Wildman–Crippen LogP) is 4.23. The zero-order valence-electron chi connectivity index (χ0n) is 12.1. The quantitative estimate of drug-likeness (QED) is 0.779. The summed E-state index contributed by atoms with van der Waals surface area (Å²) in [6.45, 7) is 4.00. The number of hydrogen-bond acceptors (Lipinski definition) is 2. The fourth-order valence-electron chi connectivity index (χ4n) is 2.41. The third-order valence-corrected chi connectivity index (χ3v) is 3.58. The molecule has 3 rings (SSSR count). The van der Waals surface area contributed by atoms with Crippen LogP contribution in [0.25, 0.3) is 11.0 Å². The number of amides is 1. The van der Waals surface area contributed by atoms with Gasteiger partial charge in [-0.25, -0.2) is 0 Å². The Morgan fingerprint density at radius 3 is 2.76 bits per heavy atom. The minimum absolute atomic E-state index is 0.0347. The number of benzene rings is 2. The van der Waals surface area contributed by atoms with Crippen molar-refractivity contribution in [2.45, 2.75) is 20.3 Å². The van der Waals surface area contributed by atoms with Gasteiger partial charge in [-0.1, -0.05) is 30.3 Å². The molecule has 1 N–H and O–H groups in total. The van der Waals surface area contributed by atoms with E-state index in [2.05, 4.69) is 5.32 Å². The highest BCUT2D eigenvalue weighted by molar-refractivity contribution is 5.95. The van der Waals surface area contributed by atoms with Gasteiger partial charge in [0.25, 0.3) is 0 Å². The molecule has 3 nitrogen and oxygen atoms in total. The molecule has 0 atom stereocenters. The number of nitrogens with one attached hydrogen (secondary N) is 1. The molecule has 1 amide bonds. The maximum Gasteiger partial charge on any atom is 0.228 e. The molecule has 1 aromatic heterocycles. The first-order chi connectivity index (χ1) is 10.1. The van der Waals surface area contributed by atoms with E-state index in [9.17, 15) is 4.79 Å². The van der Waals surface area contributed by atoms with Crippen LogP contribution in [-0.2, 0) is 11.2 Å². The van der Waals surface area contributed by atoms with Gasteiger partial charge < -0.3 is 9.73 Å². The van der Waals surface area contributed by atoms with Gasteiger partial charge in [-0.05, 0) is 37.1 Å². The summed E-state index contributed by atoms with van der Waals surface area (Å²) < 4.78 is 5.52. The topological polar surface area (TPSA) is 42.2 Å². The van der Waals surface area contributed by atoms with Crippen molar-refractivity contribution < 1.29 is 9.21 Å². The first kappa shape index (κ1) is 13.4. The van der Waals surface area contributed by atoms with Gasteiger partial charge in [-0.2, -0.15) is 0 Å². The monoisotopic (exact) mass is 279 g/mol. The normalized spacial score (nSPS) is 10.8. The summed E-state index contributed by atoms with van der Waals surface area (Å²) in [5.74, 6) is -0.0347. The van der Waals surface area contributed by atoms with E-state index in [4.69, 9.17) is 4.42 Å². The average molecular weight is 279 g/mol. The van der Waals surface area contributed by atoms with Crippen molar-refractivity contribution in [1.29, 1.82) is 0 Å². The van der Waals surface area contributed by atoms with Crippen LogP contribution in [0.15, 0.2) is 53.1 Å². The number of para-hydroxylation sites is 1. The highest BCUT2D eigenvalue weighted by Crippen LogP contribution is 2.23. The van der Waals surface area contributed by atoms with E-state index in [-0.39, 0.29) is 5.91 Å². The number of rotatable bonds is 3. The Hall–Kier alpha value is -2.55. The number of aryl methyl sites for hydroxylation is 2. The third kappa shape index (κ3) is 2.82. The van der Waals surface area contributed by atoms with E-state index in [1.54, 1.807) is 6.26 Å². The van der Waals surface area contributed by atoms with Gasteiger partial charge >= 0.3 is 0 Å². The molecule has 2 aromatic carbocycles. The molecule has 0 bridgehead atoms. The van der Waals surface area contributed by atoms with Crippen LogP contribution in [-0.4, -0.2) is 5.91 Å². The Morgan fingerprint density at radius 1 is 1.14 bits per heavy atom. The van der Waals surface area contributed by atoms with E-state index in [0.717, 1.165) is 33.3 Å². The van der Waals surface area contributed by atoms with Crippen LogP contribution in [0.3, 0.4) is 0 Å². The van der Waals surface area contributed by atoms with Crippen LogP contribution < -0.4 is 5.32 Å². The van der Waals surface area contributed by atoms with Crippen molar-refractivity contribution in [3.63, 3.8) is 0 Å². The molecule has 0 saturated carbocycles. The fourth-order valence-corrected chi connectivity index (χ4v) is 2.41. The average Bonchev–Trinajstić information content (AvgIpc) is 2.83. The lowest BCUT2D eigenvalue weighted by Gasteiger charge is -2.07. The van der Waals surface area contributed by atoms with Crippen LogP contribution in [0.2, 0.25) is 0 Å². The second-order valence-corrected chi connectivity index (χ2v) is 5.30. The van der Waals surface area contributed by atoms with Gasteiger partial charge in [0.15, 0.2) is 0 Å². The van der Waals surface area contributed by atoms with Gasteiger partial charge in [0, 0.05) is 16.6 Å². The van der Waals surface area contributed by atoms with Crippen molar-refractivity contribution in [3.8, 4) is 0 Å². The zero-order valence-corrected chi connectivity index (χ0v) is 12.1.